The molecule has 3 atom stereocenters. The molecular formula is C18H29N3O4S. The molecular weight excluding hydrogens is 354 g/mol. The second-order valence-electron chi connectivity index (χ2n) is 8.78. The van der Waals surface area contributed by atoms with Crippen molar-refractivity contribution in [2.75, 3.05) is 13.1 Å². The van der Waals surface area contributed by atoms with Gasteiger partial charge in [-0.2, -0.15) is 0 Å². The summed E-state index contributed by atoms with van der Waals surface area (Å²) in [6.45, 7) is 4.78. The number of carbonyl (C=O) groups is 2. The highest BCUT2D eigenvalue weighted by Gasteiger charge is 2.52. The van der Waals surface area contributed by atoms with E-state index in [0.29, 0.717) is 38.3 Å². The van der Waals surface area contributed by atoms with Crippen LogP contribution in [0.2, 0.25) is 0 Å². The quantitative estimate of drug-likeness (QED) is 0.756. The van der Waals surface area contributed by atoms with Crippen LogP contribution in [0.25, 0.3) is 0 Å². The standard InChI is InChI=1S/C18H29N3O4S/c1-3-20-16(22)14-10-13(26(24,25)19-18(2)8-9-18)6-7-15(14)21(17(20)23)11-12-4-5-12/h12-15,19H,3-11H2,1-2H3. The van der Waals surface area contributed by atoms with Crippen LogP contribution in [0.1, 0.15) is 58.8 Å². The Morgan fingerprint density at radius 2 is 1.85 bits per heavy atom. The largest absolute Gasteiger partial charge is 0.326 e. The zero-order valence-corrected chi connectivity index (χ0v) is 16.4. The SMILES string of the molecule is CCN1C(=O)C2CC(S(=O)(=O)NC3(C)CC3)CCC2N(CC2CC2)C1=O. The Morgan fingerprint density at radius 1 is 1.15 bits per heavy atom. The van der Waals surface area contributed by atoms with Gasteiger partial charge in [0.15, 0.2) is 0 Å². The van der Waals surface area contributed by atoms with Gasteiger partial charge in [-0.3, -0.25) is 9.69 Å². The predicted octanol–water partition coefficient (Wildman–Crippen LogP) is 1.69. The van der Waals surface area contributed by atoms with E-state index in [9.17, 15) is 18.0 Å². The number of urea groups is 1. The van der Waals surface area contributed by atoms with Gasteiger partial charge in [0.05, 0.1) is 11.2 Å². The average Bonchev–Trinajstić information content (AvgIpc) is 3.50. The molecule has 1 heterocycles. The van der Waals surface area contributed by atoms with Crippen LogP contribution >= 0.6 is 0 Å². The van der Waals surface area contributed by atoms with E-state index in [1.54, 1.807) is 6.92 Å². The molecule has 4 aliphatic rings. The van der Waals surface area contributed by atoms with Crippen LogP contribution in [-0.4, -0.2) is 60.1 Å². The lowest BCUT2D eigenvalue weighted by molar-refractivity contribution is -0.140. The van der Waals surface area contributed by atoms with Gasteiger partial charge in [0.1, 0.15) is 0 Å². The summed E-state index contributed by atoms with van der Waals surface area (Å²) >= 11 is 0. The molecule has 3 saturated carbocycles. The fourth-order valence-corrected chi connectivity index (χ4v) is 6.39. The summed E-state index contributed by atoms with van der Waals surface area (Å²) in [5.74, 6) is -0.0368. The molecule has 0 aromatic heterocycles. The van der Waals surface area contributed by atoms with E-state index in [1.807, 2.05) is 11.8 Å². The minimum Gasteiger partial charge on any atom is -0.320 e. The molecule has 3 unspecified atom stereocenters. The molecule has 1 aliphatic heterocycles. The molecule has 1 N–H and O–H groups in total. The predicted molar refractivity (Wildman–Crippen MR) is 96.8 cm³/mol. The van der Waals surface area contributed by atoms with E-state index in [0.717, 1.165) is 25.7 Å². The first-order valence-electron chi connectivity index (χ1n) is 9.89. The van der Waals surface area contributed by atoms with Crippen LogP contribution in [0, 0.1) is 11.8 Å². The van der Waals surface area contributed by atoms with Crippen LogP contribution < -0.4 is 4.72 Å². The number of carbonyl (C=O) groups excluding carboxylic acids is 2. The van der Waals surface area contributed by atoms with Gasteiger partial charge in [-0.25, -0.2) is 17.9 Å². The van der Waals surface area contributed by atoms with Crippen molar-refractivity contribution >= 4 is 22.0 Å². The summed E-state index contributed by atoms with van der Waals surface area (Å²) in [6, 6.07) is -0.322. The van der Waals surface area contributed by atoms with Gasteiger partial charge >= 0.3 is 6.03 Å². The molecule has 4 fully saturated rings. The number of imide groups is 1. The first kappa shape index (κ1) is 18.2. The lowest BCUT2D eigenvalue weighted by Gasteiger charge is -2.48. The Hall–Kier alpha value is -1.15. The Balaban J connectivity index is 1.54. The van der Waals surface area contributed by atoms with Gasteiger partial charge in [0.25, 0.3) is 0 Å². The third kappa shape index (κ3) is 3.26. The Morgan fingerprint density at radius 3 is 2.42 bits per heavy atom. The highest BCUT2D eigenvalue weighted by Crippen LogP contribution is 2.41. The Bertz CT molecular complexity index is 714. The van der Waals surface area contributed by atoms with Crippen molar-refractivity contribution in [3.05, 3.63) is 0 Å². The number of nitrogens with zero attached hydrogens (tertiary/aromatic N) is 2. The number of amides is 3. The van der Waals surface area contributed by atoms with Crippen LogP contribution in [0.5, 0.6) is 0 Å². The molecule has 0 aromatic rings. The summed E-state index contributed by atoms with van der Waals surface area (Å²) in [5.41, 5.74) is -0.296. The van der Waals surface area contributed by atoms with E-state index in [-0.39, 0.29) is 23.5 Å². The highest BCUT2D eigenvalue weighted by atomic mass is 32.2. The van der Waals surface area contributed by atoms with Crippen LogP contribution in [0.3, 0.4) is 0 Å². The number of sulfonamides is 1. The minimum absolute atomic E-state index is 0.138. The first-order valence-corrected chi connectivity index (χ1v) is 11.4. The van der Waals surface area contributed by atoms with Crippen molar-refractivity contribution in [2.24, 2.45) is 11.8 Å². The number of nitrogens with one attached hydrogen (secondary N) is 1. The lowest BCUT2D eigenvalue weighted by Crippen LogP contribution is -2.64. The summed E-state index contributed by atoms with van der Waals surface area (Å²) in [4.78, 5) is 28.8. The van der Waals surface area contributed by atoms with E-state index >= 15 is 0 Å². The smallest absolute Gasteiger partial charge is 0.320 e. The van der Waals surface area contributed by atoms with Gasteiger partial charge in [-0.05, 0) is 64.7 Å². The third-order valence-corrected chi connectivity index (χ3v) is 8.60. The summed E-state index contributed by atoms with van der Waals surface area (Å²) < 4.78 is 28.4. The molecule has 1 saturated heterocycles. The Labute approximate surface area is 155 Å². The zero-order chi connectivity index (χ0) is 18.7. The van der Waals surface area contributed by atoms with Gasteiger partial charge < -0.3 is 4.90 Å². The van der Waals surface area contributed by atoms with Crippen molar-refractivity contribution in [3.63, 3.8) is 0 Å². The zero-order valence-electron chi connectivity index (χ0n) is 15.6. The second-order valence-corrected chi connectivity index (χ2v) is 10.7. The topological polar surface area (TPSA) is 86.8 Å². The number of rotatable bonds is 6. The Kier molecular flexibility index (Phi) is 4.34. The normalized spacial score (nSPS) is 34.0. The lowest BCUT2D eigenvalue weighted by atomic mass is 9.80. The molecule has 3 amide bonds. The monoisotopic (exact) mass is 383 g/mol. The highest BCUT2D eigenvalue weighted by molar-refractivity contribution is 7.90. The third-order valence-electron chi connectivity index (χ3n) is 6.52. The van der Waals surface area contributed by atoms with E-state index in [4.69, 9.17) is 0 Å². The summed E-state index contributed by atoms with van der Waals surface area (Å²) in [7, 11) is -3.44. The second kappa shape index (κ2) is 6.19. The fourth-order valence-electron chi connectivity index (χ4n) is 4.43. The number of fused-ring (bicyclic) bond motifs is 1. The van der Waals surface area contributed by atoms with Crippen molar-refractivity contribution in [2.45, 2.75) is 75.6 Å². The van der Waals surface area contributed by atoms with Gasteiger partial charge in [-0.15, -0.1) is 0 Å². The molecule has 3 aliphatic carbocycles. The molecule has 0 bridgehead atoms. The van der Waals surface area contributed by atoms with E-state index in [1.165, 1.54) is 4.90 Å². The van der Waals surface area contributed by atoms with E-state index in [2.05, 4.69) is 4.72 Å². The first-order chi connectivity index (χ1) is 12.2. The fraction of sp³-hybridized carbons (Fsp3) is 0.889. The number of hydrogen-bond donors (Lipinski definition) is 1. The maximum absolute atomic E-state index is 12.9. The maximum Gasteiger partial charge on any atom is 0.326 e. The summed E-state index contributed by atoms with van der Waals surface area (Å²) in [6.07, 6.45) is 5.45. The van der Waals surface area contributed by atoms with E-state index < -0.39 is 21.2 Å². The maximum atomic E-state index is 12.9. The van der Waals surface area contributed by atoms with Crippen molar-refractivity contribution in [1.29, 1.82) is 0 Å². The molecule has 0 aromatic carbocycles. The van der Waals surface area contributed by atoms with Gasteiger partial charge in [-0.1, -0.05) is 0 Å². The summed E-state index contributed by atoms with van der Waals surface area (Å²) in [5, 5.41) is -0.542. The van der Waals surface area contributed by atoms with Crippen LogP contribution in [0.4, 0.5) is 4.79 Å². The van der Waals surface area contributed by atoms with Crippen LogP contribution in [-0.2, 0) is 14.8 Å². The molecule has 4 rings (SSSR count). The van der Waals surface area contributed by atoms with Crippen LogP contribution in [0.15, 0.2) is 0 Å². The minimum atomic E-state index is -3.44. The van der Waals surface area contributed by atoms with Crippen molar-refractivity contribution in [1.82, 2.24) is 14.5 Å². The molecule has 0 spiro atoms. The number of hydrogen-bond acceptors (Lipinski definition) is 4. The molecule has 26 heavy (non-hydrogen) atoms. The van der Waals surface area contributed by atoms with Crippen molar-refractivity contribution in [3.8, 4) is 0 Å². The molecule has 8 heteroatoms. The molecule has 0 radical (unpaired) electrons. The molecule has 146 valence electrons. The van der Waals surface area contributed by atoms with Crippen molar-refractivity contribution < 1.29 is 18.0 Å². The van der Waals surface area contributed by atoms with Gasteiger partial charge in [0, 0.05) is 24.7 Å². The average molecular weight is 384 g/mol. The molecule has 7 nitrogen and oxygen atoms in total. The van der Waals surface area contributed by atoms with Gasteiger partial charge in [0.2, 0.25) is 15.9 Å².